The summed E-state index contributed by atoms with van der Waals surface area (Å²) < 4.78 is 9.00. The molecule has 0 aliphatic carbocycles. The van der Waals surface area contributed by atoms with Crippen LogP contribution in [0.25, 0.3) is 110 Å². The van der Waals surface area contributed by atoms with Gasteiger partial charge in [-0.3, -0.25) is 0 Å². The zero-order valence-corrected chi connectivity index (χ0v) is 29.6. The Morgan fingerprint density at radius 2 is 1.02 bits per heavy atom. The molecule has 5 nitrogen and oxygen atoms in total. The number of hydrogen-bond donors (Lipinski definition) is 0. The quantitative estimate of drug-likeness (QED) is 0.178. The maximum Gasteiger partial charge on any atom is 0.227 e. The first-order valence-electron chi connectivity index (χ1n) is 17.9. The molecular formula is C48H28N4OS. The first-order valence-corrected chi connectivity index (χ1v) is 18.7. The highest BCUT2D eigenvalue weighted by molar-refractivity contribution is 7.25. The Labute approximate surface area is 313 Å². The van der Waals surface area contributed by atoms with Crippen LogP contribution in [0.1, 0.15) is 0 Å². The first-order chi connectivity index (χ1) is 26.7. The van der Waals surface area contributed by atoms with E-state index in [1.807, 2.05) is 66.7 Å². The van der Waals surface area contributed by atoms with Gasteiger partial charge in [-0.1, -0.05) is 133 Å². The largest absolute Gasteiger partial charge is 0.435 e. The molecule has 3 heterocycles. The molecule has 0 amide bonds. The summed E-state index contributed by atoms with van der Waals surface area (Å²) in [5, 5.41) is 6.88. The van der Waals surface area contributed by atoms with Crippen LogP contribution in [0.5, 0.6) is 0 Å². The summed E-state index contributed by atoms with van der Waals surface area (Å²) in [6, 6.07) is 58.8. The van der Waals surface area contributed by atoms with Crippen LogP contribution in [0.4, 0.5) is 0 Å². The fourth-order valence-corrected chi connectivity index (χ4v) is 8.70. The molecule has 0 N–H and O–H groups in total. The number of rotatable bonds is 5. The van der Waals surface area contributed by atoms with E-state index in [1.54, 1.807) is 11.3 Å². The molecular weight excluding hydrogens is 681 g/mol. The van der Waals surface area contributed by atoms with E-state index in [1.165, 1.54) is 20.2 Å². The van der Waals surface area contributed by atoms with Gasteiger partial charge in [0.15, 0.2) is 23.1 Å². The van der Waals surface area contributed by atoms with Crippen LogP contribution >= 0.6 is 11.3 Å². The highest BCUT2D eigenvalue weighted by Gasteiger charge is 2.18. The average Bonchev–Trinajstić information content (AvgIpc) is 3.85. The predicted octanol–water partition coefficient (Wildman–Crippen LogP) is 13.0. The third-order valence-electron chi connectivity index (χ3n) is 10.2. The molecule has 8 aromatic carbocycles. The van der Waals surface area contributed by atoms with Crippen molar-refractivity contribution < 1.29 is 4.42 Å². The third kappa shape index (κ3) is 5.07. The molecule has 0 unspecified atom stereocenters. The molecule has 0 radical (unpaired) electrons. The molecule has 0 spiro atoms. The molecule has 0 saturated carbocycles. The van der Waals surface area contributed by atoms with Crippen LogP contribution in [0.3, 0.4) is 0 Å². The standard InChI is InChI=1S/C48H28N4OS/c1-3-11-30(12-4-1)45-50-46(52-47(51-45)34-22-25-38-37-17-7-8-20-41(37)54-42(38)28-34)33-21-24-35-32(27-33)16-10-18-36(35)39-19-9-15-29-23-26-40-44(43(29)39)53-48(49-40)31-13-5-2-6-14-31/h1-28H. The van der Waals surface area contributed by atoms with Crippen molar-refractivity contribution in [3.8, 4) is 56.7 Å². The number of benzene rings is 8. The lowest BCUT2D eigenvalue weighted by Gasteiger charge is -2.12. The van der Waals surface area contributed by atoms with Crippen molar-refractivity contribution in [3.63, 3.8) is 0 Å². The lowest BCUT2D eigenvalue weighted by Crippen LogP contribution is -2.00. The Balaban J connectivity index is 1.06. The van der Waals surface area contributed by atoms with E-state index in [0.29, 0.717) is 23.4 Å². The SMILES string of the molecule is c1ccc(-c2nc(-c3ccc4c(-c5cccc6ccc7nc(-c8ccccc8)oc7c56)cccc4c3)nc(-c3ccc4c(c3)sc3ccccc34)n2)cc1. The summed E-state index contributed by atoms with van der Waals surface area (Å²) in [7, 11) is 0. The monoisotopic (exact) mass is 708 g/mol. The van der Waals surface area contributed by atoms with Crippen LogP contribution < -0.4 is 0 Å². The van der Waals surface area contributed by atoms with Gasteiger partial charge < -0.3 is 4.42 Å². The Morgan fingerprint density at radius 1 is 0.389 bits per heavy atom. The lowest BCUT2D eigenvalue weighted by molar-refractivity contribution is 0.623. The van der Waals surface area contributed by atoms with E-state index in [4.69, 9.17) is 24.4 Å². The average molecular weight is 709 g/mol. The zero-order chi connectivity index (χ0) is 35.6. The number of oxazole rings is 1. The number of hydrogen-bond acceptors (Lipinski definition) is 6. The summed E-state index contributed by atoms with van der Waals surface area (Å²) in [6.45, 7) is 0. The molecule has 54 heavy (non-hydrogen) atoms. The second-order valence-electron chi connectivity index (χ2n) is 13.4. The van der Waals surface area contributed by atoms with Crippen molar-refractivity contribution in [3.05, 3.63) is 170 Å². The van der Waals surface area contributed by atoms with E-state index in [-0.39, 0.29) is 0 Å². The van der Waals surface area contributed by atoms with Gasteiger partial charge in [0.25, 0.3) is 0 Å². The smallest absolute Gasteiger partial charge is 0.227 e. The Bertz CT molecular complexity index is 3220. The minimum absolute atomic E-state index is 0.616. The summed E-state index contributed by atoms with van der Waals surface area (Å²) >= 11 is 1.79. The van der Waals surface area contributed by atoms with E-state index in [0.717, 1.165) is 66.0 Å². The normalized spacial score (nSPS) is 11.7. The molecule has 0 aliphatic heterocycles. The van der Waals surface area contributed by atoms with Gasteiger partial charge in [-0.05, 0) is 63.7 Å². The maximum absolute atomic E-state index is 6.52. The second-order valence-corrected chi connectivity index (χ2v) is 14.5. The summed E-state index contributed by atoms with van der Waals surface area (Å²) in [4.78, 5) is 20.1. The van der Waals surface area contributed by atoms with Crippen LogP contribution in [-0.4, -0.2) is 19.9 Å². The van der Waals surface area contributed by atoms with Gasteiger partial charge in [-0.15, -0.1) is 11.3 Å². The van der Waals surface area contributed by atoms with Crippen LogP contribution in [0, 0.1) is 0 Å². The fourth-order valence-electron chi connectivity index (χ4n) is 7.56. The van der Waals surface area contributed by atoms with Gasteiger partial charge >= 0.3 is 0 Å². The molecule has 11 aromatic rings. The Morgan fingerprint density at radius 3 is 1.81 bits per heavy atom. The third-order valence-corrected chi connectivity index (χ3v) is 11.3. The van der Waals surface area contributed by atoms with Gasteiger partial charge in [0.2, 0.25) is 5.89 Å². The van der Waals surface area contributed by atoms with Gasteiger partial charge in [-0.2, -0.15) is 0 Å². The van der Waals surface area contributed by atoms with Gasteiger partial charge in [-0.25, -0.2) is 19.9 Å². The topological polar surface area (TPSA) is 64.7 Å². The molecule has 0 saturated heterocycles. The number of fused-ring (bicyclic) bond motifs is 7. The lowest BCUT2D eigenvalue weighted by atomic mass is 9.93. The molecule has 0 atom stereocenters. The van der Waals surface area contributed by atoms with Gasteiger partial charge in [0.1, 0.15) is 5.52 Å². The minimum atomic E-state index is 0.616. The molecule has 0 fully saturated rings. The van der Waals surface area contributed by atoms with Gasteiger partial charge in [0.05, 0.1) is 0 Å². The Kier molecular flexibility index (Phi) is 6.97. The molecule has 252 valence electrons. The van der Waals surface area contributed by atoms with Crippen LogP contribution in [0.15, 0.2) is 174 Å². The van der Waals surface area contributed by atoms with Crippen molar-refractivity contribution in [2.24, 2.45) is 0 Å². The minimum Gasteiger partial charge on any atom is -0.435 e. The molecule has 6 heteroatoms. The second kappa shape index (κ2) is 12.3. The van der Waals surface area contributed by atoms with Crippen LogP contribution in [0.2, 0.25) is 0 Å². The number of thiophene rings is 1. The predicted molar refractivity (Wildman–Crippen MR) is 222 cm³/mol. The van der Waals surface area contributed by atoms with Crippen molar-refractivity contribution in [1.82, 2.24) is 19.9 Å². The number of nitrogens with zero attached hydrogens (tertiary/aromatic N) is 4. The Hall–Kier alpha value is -7.02. The van der Waals surface area contributed by atoms with E-state index in [9.17, 15) is 0 Å². The maximum atomic E-state index is 6.52. The van der Waals surface area contributed by atoms with Crippen LogP contribution in [-0.2, 0) is 0 Å². The highest BCUT2D eigenvalue weighted by atomic mass is 32.1. The first kappa shape index (κ1) is 30.6. The van der Waals surface area contributed by atoms with E-state index < -0.39 is 0 Å². The van der Waals surface area contributed by atoms with Crippen molar-refractivity contribution >= 4 is 64.2 Å². The molecule has 11 rings (SSSR count). The molecule has 0 aliphatic rings. The molecule has 0 bridgehead atoms. The molecule has 3 aromatic heterocycles. The zero-order valence-electron chi connectivity index (χ0n) is 28.8. The highest BCUT2D eigenvalue weighted by Crippen LogP contribution is 2.40. The van der Waals surface area contributed by atoms with Crippen molar-refractivity contribution in [1.29, 1.82) is 0 Å². The summed E-state index contributed by atoms with van der Waals surface area (Å²) in [5.41, 5.74) is 7.62. The summed E-state index contributed by atoms with van der Waals surface area (Å²) in [6.07, 6.45) is 0. The van der Waals surface area contributed by atoms with E-state index >= 15 is 0 Å². The fraction of sp³-hybridized carbons (Fsp3) is 0. The van der Waals surface area contributed by atoms with E-state index in [2.05, 4.69) is 103 Å². The number of aromatic nitrogens is 4. The van der Waals surface area contributed by atoms with Gasteiger partial charge in [0, 0.05) is 47.8 Å². The van der Waals surface area contributed by atoms with Crippen molar-refractivity contribution in [2.75, 3.05) is 0 Å². The van der Waals surface area contributed by atoms with Crippen molar-refractivity contribution in [2.45, 2.75) is 0 Å². The summed E-state index contributed by atoms with van der Waals surface area (Å²) in [5.74, 6) is 2.53.